The van der Waals surface area contributed by atoms with Crippen molar-refractivity contribution >= 4 is 28.6 Å². The number of piperidine rings is 1. The van der Waals surface area contributed by atoms with Crippen molar-refractivity contribution in [2.45, 2.75) is 31.5 Å². The molecule has 0 saturated carbocycles. The van der Waals surface area contributed by atoms with E-state index in [-0.39, 0.29) is 36.1 Å². The van der Waals surface area contributed by atoms with E-state index in [4.69, 9.17) is 4.42 Å². The maximum absolute atomic E-state index is 13.0. The summed E-state index contributed by atoms with van der Waals surface area (Å²) in [5.74, 6) is -1.78. The number of carbonyl (C=O) groups is 2. The Hall–Kier alpha value is -4.35. The number of amides is 3. The van der Waals surface area contributed by atoms with Gasteiger partial charge in [0, 0.05) is 29.7 Å². The number of anilines is 1. The quantitative estimate of drug-likeness (QED) is 0.374. The molecule has 4 aromatic rings. The van der Waals surface area contributed by atoms with E-state index < -0.39 is 12.1 Å². The van der Waals surface area contributed by atoms with Crippen LogP contribution in [-0.2, 0) is 6.18 Å². The van der Waals surface area contributed by atoms with Gasteiger partial charge in [-0.15, -0.1) is 0 Å². The fraction of sp³-hybridized carbons (Fsp3) is 0.280. The fourth-order valence-corrected chi connectivity index (χ4v) is 4.23. The summed E-state index contributed by atoms with van der Waals surface area (Å²) in [5, 5.41) is 9.84. The summed E-state index contributed by atoms with van der Waals surface area (Å²) in [6.45, 7) is 0.791. The van der Waals surface area contributed by atoms with E-state index in [0.29, 0.717) is 23.4 Å². The van der Waals surface area contributed by atoms with Gasteiger partial charge in [0.25, 0.3) is 5.91 Å². The zero-order chi connectivity index (χ0) is 26.0. The predicted octanol–water partition coefficient (Wildman–Crippen LogP) is 5.32. The average Bonchev–Trinajstić information content (AvgIpc) is 3.56. The third-order valence-electron chi connectivity index (χ3n) is 6.10. The minimum atomic E-state index is -4.73. The molecule has 12 heteroatoms. The first-order chi connectivity index (χ1) is 17.8. The molecule has 0 bridgehead atoms. The molecule has 2 aromatic carbocycles. The summed E-state index contributed by atoms with van der Waals surface area (Å²) in [7, 11) is 0. The van der Waals surface area contributed by atoms with Crippen molar-refractivity contribution in [1.82, 2.24) is 20.4 Å². The molecule has 192 valence electrons. The SMILES string of the molecule is O=C(NCC1CCCCN1C(=O)Nc1ccc(-c2noc(C(F)(F)F)n2)cc1)c1cc2ccccc2o1. The fourth-order valence-electron chi connectivity index (χ4n) is 4.23. The summed E-state index contributed by atoms with van der Waals surface area (Å²) in [6.07, 6.45) is -2.24. The predicted molar refractivity (Wildman–Crippen MR) is 127 cm³/mol. The lowest BCUT2D eigenvalue weighted by molar-refractivity contribution is -0.159. The van der Waals surface area contributed by atoms with Gasteiger partial charge in [0.1, 0.15) is 5.58 Å². The van der Waals surface area contributed by atoms with E-state index in [1.165, 1.54) is 12.1 Å². The van der Waals surface area contributed by atoms with Gasteiger partial charge in [-0.3, -0.25) is 4.79 Å². The maximum Gasteiger partial charge on any atom is 0.471 e. The Bertz CT molecular complexity index is 1380. The minimum Gasteiger partial charge on any atom is -0.451 e. The average molecular weight is 513 g/mol. The Kier molecular flexibility index (Phi) is 6.55. The molecule has 0 spiro atoms. The molecule has 0 aliphatic carbocycles. The summed E-state index contributed by atoms with van der Waals surface area (Å²) in [5.41, 5.74) is 1.38. The van der Waals surface area contributed by atoms with Crippen molar-refractivity contribution in [3.05, 3.63) is 66.2 Å². The Morgan fingerprint density at radius 1 is 1.08 bits per heavy atom. The van der Waals surface area contributed by atoms with Crippen LogP contribution in [0.2, 0.25) is 0 Å². The molecule has 1 saturated heterocycles. The molecular formula is C25H22F3N5O4. The number of urea groups is 1. The molecule has 37 heavy (non-hydrogen) atoms. The van der Waals surface area contributed by atoms with Gasteiger partial charge >= 0.3 is 18.1 Å². The first kappa shape index (κ1) is 24.3. The number of halogens is 3. The second-order valence-corrected chi connectivity index (χ2v) is 8.63. The topological polar surface area (TPSA) is 114 Å². The Morgan fingerprint density at radius 3 is 2.59 bits per heavy atom. The molecule has 5 rings (SSSR count). The summed E-state index contributed by atoms with van der Waals surface area (Å²) in [6, 6.07) is 14.5. The number of carbonyl (C=O) groups excluding carboxylic acids is 2. The molecule has 3 amide bonds. The molecule has 1 fully saturated rings. The normalized spacial score (nSPS) is 16.1. The highest BCUT2D eigenvalue weighted by Gasteiger charge is 2.38. The lowest BCUT2D eigenvalue weighted by atomic mass is 10.0. The number of nitrogens with one attached hydrogen (secondary N) is 2. The van der Waals surface area contributed by atoms with Crippen molar-refractivity contribution < 1.29 is 31.7 Å². The summed E-state index contributed by atoms with van der Waals surface area (Å²) in [4.78, 5) is 30.7. The summed E-state index contributed by atoms with van der Waals surface area (Å²) < 4.78 is 47.9. The Balaban J connectivity index is 1.20. The van der Waals surface area contributed by atoms with E-state index in [1.54, 1.807) is 29.2 Å². The molecule has 0 radical (unpaired) electrons. The first-order valence-corrected chi connectivity index (χ1v) is 11.6. The van der Waals surface area contributed by atoms with Crippen LogP contribution in [0.15, 0.2) is 63.5 Å². The third-order valence-corrected chi connectivity index (χ3v) is 6.10. The van der Waals surface area contributed by atoms with E-state index in [2.05, 4.69) is 25.3 Å². The van der Waals surface area contributed by atoms with Crippen molar-refractivity contribution in [2.24, 2.45) is 0 Å². The van der Waals surface area contributed by atoms with Gasteiger partial charge in [-0.05, 0) is 55.7 Å². The number of aromatic nitrogens is 2. The van der Waals surface area contributed by atoms with E-state index in [0.717, 1.165) is 24.6 Å². The van der Waals surface area contributed by atoms with Crippen LogP contribution < -0.4 is 10.6 Å². The number of para-hydroxylation sites is 1. The number of benzene rings is 2. The van der Waals surface area contributed by atoms with Gasteiger partial charge < -0.3 is 24.5 Å². The van der Waals surface area contributed by atoms with Crippen LogP contribution in [0.5, 0.6) is 0 Å². The van der Waals surface area contributed by atoms with Crippen molar-refractivity contribution in [2.75, 3.05) is 18.4 Å². The third kappa shape index (κ3) is 5.42. The van der Waals surface area contributed by atoms with Gasteiger partial charge in [-0.1, -0.05) is 23.4 Å². The Morgan fingerprint density at radius 2 is 1.86 bits per heavy atom. The van der Waals surface area contributed by atoms with Crippen molar-refractivity contribution in [3.8, 4) is 11.4 Å². The minimum absolute atomic E-state index is 0.206. The summed E-state index contributed by atoms with van der Waals surface area (Å²) >= 11 is 0. The standard InChI is InChI=1S/C25H22F3N5O4/c26-25(27,28)23-31-21(32-37-23)15-8-10-17(11-9-15)30-24(35)33-12-4-3-6-18(33)14-29-22(34)20-13-16-5-1-2-7-19(16)36-20/h1-2,5,7-11,13,18H,3-4,6,12,14H2,(H,29,34)(H,30,35). The van der Waals surface area contributed by atoms with Crippen LogP contribution in [0.3, 0.4) is 0 Å². The van der Waals surface area contributed by atoms with Gasteiger partial charge in [0.15, 0.2) is 5.76 Å². The largest absolute Gasteiger partial charge is 0.471 e. The van der Waals surface area contributed by atoms with Gasteiger partial charge in [0.2, 0.25) is 5.82 Å². The number of rotatable bonds is 5. The van der Waals surface area contributed by atoms with E-state index in [1.807, 2.05) is 18.2 Å². The molecule has 2 aromatic heterocycles. The smallest absolute Gasteiger partial charge is 0.451 e. The zero-order valence-corrected chi connectivity index (χ0v) is 19.4. The Labute approximate surface area is 208 Å². The van der Waals surface area contributed by atoms with Crippen molar-refractivity contribution in [3.63, 3.8) is 0 Å². The molecule has 9 nitrogen and oxygen atoms in total. The second kappa shape index (κ2) is 9.96. The highest BCUT2D eigenvalue weighted by atomic mass is 19.4. The second-order valence-electron chi connectivity index (χ2n) is 8.63. The molecule has 1 aliphatic heterocycles. The number of hydrogen-bond acceptors (Lipinski definition) is 6. The molecule has 1 unspecified atom stereocenters. The maximum atomic E-state index is 13.0. The van der Waals surface area contributed by atoms with Crippen LogP contribution in [-0.4, -0.2) is 46.1 Å². The molecule has 1 aliphatic rings. The number of alkyl halides is 3. The van der Waals surface area contributed by atoms with Crippen LogP contribution in [0, 0.1) is 0 Å². The van der Waals surface area contributed by atoms with E-state index >= 15 is 0 Å². The van der Waals surface area contributed by atoms with Crippen LogP contribution in [0.1, 0.15) is 35.7 Å². The lowest BCUT2D eigenvalue weighted by Crippen LogP contribution is -2.50. The van der Waals surface area contributed by atoms with E-state index in [9.17, 15) is 22.8 Å². The van der Waals surface area contributed by atoms with Gasteiger partial charge in [-0.2, -0.15) is 18.2 Å². The molecule has 3 heterocycles. The van der Waals surface area contributed by atoms with Crippen LogP contribution in [0.25, 0.3) is 22.4 Å². The molecule has 2 N–H and O–H groups in total. The number of furan rings is 1. The number of nitrogens with zero attached hydrogens (tertiary/aromatic N) is 3. The monoisotopic (exact) mass is 513 g/mol. The number of fused-ring (bicyclic) bond motifs is 1. The lowest BCUT2D eigenvalue weighted by Gasteiger charge is -2.35. The van der Waals surface area contributed by atoms with Gasteiger partial charge in [-0.25, -0.2) is 4.79 Å². The van der Waals surface area contributed by atoms with Gasteiger partial charge in [0.05, 0.1) is 6.04 Å². The number of likely N-dealkylation sites (tertiary alicyclic amines) is 1. The zero-order valence-electron chi connectivity index (χ0n) is 19.4. The highest BCUT2D eigenvalue weighted by Crippen LogP contribution is 2.29. The number of hydrogen-bond donors (Lipinski definition) is 2. The van der Waals surface area contributed by atoms with Crippen LogP contribution >= 0.6 is 0 Å². The first-order valence-electron chi connectivity index (χ1n) is 11.6. The highest BCUT2D eigenvalue weighted by molar-refractivity contribution is 5.96. The van der Waals surface area contributed by atoms with Crippen LogP contribution in [0.4, 0.5) is 23.7 Å². The molecule has 1 atom stereocenters. The van der Waals surface area contributed by atoms with Crippen molar-refractivity contribution in [1.29, 1.82) is 0 Å². The molecular weight excluding hydrogens is 491 g/mol.